The lowest BCUT2D eigenvalue weighted by atomic mass is 10.1. The summed E-state index contributed by atoms with van der Waals surface area (Å²) in [5.74, 6) is 0.332. The van der Waals surface area contributed by atoms with Gasteiger partial charge in [0.1, 0.15) is 11.6 Å². The predicted octanol–water partition coefficient (Wildman–Crippen LogP) is 2.49. The number of imidazole rings is 1. The van der Waals surface area contributed by atoms with Gasteiger partial charge in [-0.05, 0) is 36.8 Å². The Labute approximate surface area is 110 Å². The average molecular weight is 258 g/mol. The Morgan fingerprint density at radius 1 is 1.47 bits per heavy atom. The van der Waals surface area contributed by atoms with Crippen LogP contribution >= 0.6 is 0 Å². The van der Waals surface area contributed by atoms with Gasteiger partial charge in [-0.15, -0.1) is 0 Å². The lowest BCUT2D eigenvalue weighted by Crippen LogP contribution is -1.88. The van der Waals surface area contributed by atoms with Gasteiger partial charge in [-0.1, -0.05) is 0 Å². The van der Waals surface area contributed by atoms with Gasteiger partial charge >= 0.3 is 5.97 Å². The van der Waals surface area contributed by atoms with Crippen molar-refractivity contribution in [3.8, 4) is 17.0 Å². The predicted molar refractivity (Wildman–Crippen MR) is 72.0 cm³/mol. The van der Waals surface area contributed by atoms with E-state index in [1.54, 1.807) is 13.3 Å². The first-order chi connectivity index (χ1) is 9.10. The highest BCUT2D eigenvalue weighted by atomic mass is 16.5. The van der Waals surface area contributed by atoms with Crippen molar-refractivity contribution in [1.82, 2.24) is 9.97 Å². The molecule has 5 heteroatoms. The highest BCUT2D eigenvalue weighted by molar-refractivity contribution is 5.84. The number of carbonyl (C=O) groups is 1. The molecule has 0 atom stereocenters. The third-order valence-corrected chi connectivity index (χ3v) is 2.69. The van der Waals surface area contributed by atoms with Gasteiger partial charge in [0.05, 0.1) is 19.0 Å². The molecule has 0 aliphatic carbocycles. The molecule has 0 unspecified atom stereocenters. The van der Waals surface area contributed by atoms with Crippen LogP contribution in [-0.4, -0.2) is 28.2 Å². The summed E-state index contributed by atoms with van der Waals surface area (Å²) in [6.07, 6.45) is 4.13. The van der Waals surface area contributed by atoms with E-state index in [0.717, 1.165) is 28.6 Å². The molecule has 2 rings (SSSR count). The van der Waals surface area contributed by atoms with E-state index in [1.165, 1.54) is 6.08 Å². The molecule has 0 bridgehead atoms. The standard InChI is InChI=1S/C14H14N2O3/c1-9-7-10(3-4-12(9)19-2)11-8-15-13(16-11)5-6-14(17)18/h3-8H,1-2H3,(H,15,16)(H,17,18)/b6-5+. The van der Waals surface area contributed by atoms with Crippen molar-refractivity contribution in [3.05, 3.63) is 41.9 Å². The Morgan fingerprint density at radius 2 is 2.26 bits per heavy atom. The summed E-state index contributed by atoms with van der Waals surface area (Å²) in [5.41, 5.74) is 2.83. The maximum Gasteiger partial charge on any atom is 0.328 e. The molecular formula is C14H14N2O3. The number of hydrogen-bond donors (Lipinski definition) is 2. The first-order valence-electron chi connectivity index (χ1n) is 5.71. The van der Waals surface area contributed by atoms with Crippen LogP contribution in [0.5, 0.6) is 5.75 Å². The number of nitrogens with one attached hydrogen (secondary N) is 1. The Hall–Kier alpha value is -2.56. The van der Waals surface area contributed by atoms with E-state index < -0.39 is 5.97 Å². The minimum absolute atomic E-state index is 0.505. The molecule has 19 heavy (non-hydrogen) atoms. The number of ether oxygens (including phenoxy) is 1. The van der Waals surface area contributed by atoms with Crippen LogP contribution in [0, 0.1) is 6.92 Å². The van der Waals surface area contributed by atoms with Crippen molar-refractivity contribution >= 4 is 12.0 Å². The fourth-order valence-corrected chi connectivity index (χ4v) is 1.76. The highest BCUT2D eigenvalue weighted by Crippen LogP contribution is 2.24. The number of rotatable bonds is 4. The van der Waals surface area contributed by atoms with Crippen molar-refractivity contribution < 1.29 is 14.6 Å². The van der Waals surface area contributed by atoms with E-state index in [-0.39, 0.29) is 0 Å². The molecule has 98 valence electrons. The van der Waals surface area contributed by atoms with Gasteiger partial charge in [-0.25, -0.2) is 9.78 Å². The molecule has 1 heterocycles. The lowest BCUT2D eigenvalue weighted by molar-refractivity contribution is -0.131. The monoisotopic (exact) mass is 258 g/mol. The zero-order valence-corrected chi connectivity index (χ0v) is 10.7. The summed E-state index contributed by atoms with van der Waals surface area (Å²) < 4.78 is 5.20. The van der Waals surface area contributed by atoms with Gasteiger partial charge in [-0.3, -0.25) is 0 Å². The average Bonchev–Trinajstić information content (AvgIpc) is 2.85. The van der Waals surface area contributed by atoms with E-state index in [9.17, 15) is 4.79 Å². The van der Waals surface area contributed by atoms with Gasteiger partial charge in [0.15, 0.2) is 0 Å². The van der Waals surface area contributed by atoms with Gasteiger partial charge < -0.3 is 14.8 Å². The van der Waals surface area contributed by atoms with E-state index >= 15 is 0 Å². The molecule has 0 saturated heterocycles. The number of aromatic nitrogens is 2. The number of nitrogens with zero attached hydrogens (tertiary/aromatic N) is 1. The van der Waals surface area contributed by atoms with Crippen LogP contribution < -0.4 is 4.74 Å². The molecule has 0 spiro atoms. The SMILES string of the molecule is COc1ccc(-c2cnc(/C=C/C(=O)O)[nH]2)cc1C. The summed E-state index contributed by atoms with van der Waals surface area (Å²) in [7, 11) is 1.63. The molecule has 5 nitrogen and oxygen atoms in total. The van der Waals surface area contributed by atoms with Crippen LogP contribution in [0.25, 0.3) is 17.3 Å². The fourth-order valence-electron chi connectivity index (χ4n) is 1.76. The number of hydrogen-bond acceptors (Lipinski definition) is 3. The number of methoxy groups -OCH3 is 1. The van der Waals surface area contributed by atoms with E-state index in [4.69, 9.17) is 9.84 Å². The van der Waals surface area contributed by atoms with Crippen molar-refractivity contribution in [2.75, 3.05) is 7.11 Å². The number of aryl methyl sites for hydroxylation is 1. The summed E-state index contributed by atoms with van der Waals surface area (Å²) in [6, 6.07) is 5.79. The molecule has 1 aromatic carbocycles. The largest absolute Gasteiger partial charge is 0.496 e. The number of carboxylic acids is 1. The Bertz CT molecular complexity index is 629. The number of aliphatic carboxylic acids is 1. The van der Waals surface area contributed by atoms with Gasteiger partial charge in [0, 0.05) is 11.6 Å². The third kappa shape index (κ3) is 3.01. The van der Waals surface area contributed by atoms with E-state index in [0.29, 0.717) is 5.82 Å². The number of benzene rings is 1. The molecule has 0 amide bonds. The second-order valence-corrected chi connectivity index (χ2v) is 4.04. The molecular weight excluding hydrogens is 244 g/mol. The van der Waals surface area contributed by atoms with Crippen molar-refractivity contribution in [2.45, 2.75) is 6.92 Å². The van der Waals surface area contributed by atoms with E-state index in [1.807, 2.05) is 25.1 Å². The van der Waals surface area contributed by atoms with Gasteiger partial charge in [0.25, 0.3) is 0 Å². The minimum Gasteiger partial charge on any atom is -0.496 e. The van der Waals surface area contributed by atoms with Crippen molar-refractivity contribution in [3.63, 3.8) is 0 Å². The van der Waals surface area contributed by atoms with Gasteiger partial charge in [-0.2, -0.15) is 0 Å². The molecule has 0 saturated carbocycles. The van der Waals surface area contributed by atoms with Crippen LogP contribution in [-0.2, 0) is 4.79 Å². The summed E-state index contributed by atoms with van der Waals surface area (Å²) in [4.78, 5) is 17.6. The first kappa shape index (κ1) is 12.9. The smallest absolute Gasteiger partial charge is 0.328 e. The second-order valence-electron chi connectivity index (χ2n) is 4.04. The highest BCUT2D eigenvalue weighted by Gasteiger charge is 2.05. The van der Waals surface area contributed by atoms with Crippen LogP contribution in [0.3, 0.4) is 0 Å². The normalized spacial score (nSPS) is 10.8. The maximum atomic E-state index is 10.4. The van der Waals surface area contributed by atoms with Crippen LogP contribution in [0.1, 0.15) is 11.4 Å². The molecule has 0 aliphatic heterocycles. The first-order valence-corrected chi connectivity index (χ1v) is 5.71. The summed E-state index contributed by atoms with van der Waals surface area (Å²) >= 11 is 0. The van der Waals surface area contributed by atoms with Crippen LogP contribution in [0.4, 0.5) is 0 Å². The molecule has 2 aromatic rings. The third-order valence-electron chi connectivity index (χ3n) is 2.69. The number of carboxylic acid groups (broad SMARTS) is 1. The topological polar surface area (TPSA) is 75.2 Å². The maximum absolute atomic E-state index is 10.4. The Kier molecular flexibility index (Phi) is 3.66. The summed E-state index contributed by atoms with van der Waals surface area (Å²) in [5, 5.41) is 8.55. The fraction of sp³-hybridized carbons (Fsp3) is 0.143. The Morgan fingerprint density at radius 3 is 2.89 bits per heavy atom. The molecule has 1 aromatic heterocycles. The minimum atomic E-state index is -1.00. The van der Waals surface area contributed by atoms with E-state index in [2.05, 4.69) is 9.97 Å². The lowest BCUT2D eigenvalue weighted by Gasteiger charge is -2.05. The van der Waals surface area contributed by atoms with Crippen LogP contribution in [0.15, 0.2) is 30.5 Å². The number of H-pyrrole nitrogens is 1. The zero-order chi connectivity index (χ0) is 13.8. The molecule has 0 aliphatic rings. The Balaban J connectivity index is 2.27. The van der Waals surface area contributed by atoms with Crippen LogP contribution in [0.2, 0.25) is 0 Å². The second kappa shape index (κ2) is 5.39. The quantitative estimate of drug-likeness (QED) is 0.826. The van der Waals surface area contributed by atoms with Crippen molar-refractivity contribution in [2.24, 2.45) is 0 Å². The number of aromatic amines is 1. The summed E-state index contributed by atoms with van der Waals surface area (Å²) in [6.45, 7) is 1.96. The zero-order valence-electron chi connectivity index (χ0n) is 10.7. The van der Waals surface area contributed by atoms with Gasteiger partial charge in [0.2, 0.25) is 0 Å². The van der Waals surface area contributed by atoms with Crippen molar-refractivity contribution in [1.29, 1.82) is 0 Å². The molecule has 2 N–H and O–H groups in total. The molecule has 0 radical (unpaired) electrons. The molecule has 0 fully saturated rings.